The first kappa shape index (κ1) is 12.2. The van der Waals surface area contributed by atoms with Crippen molar-refractivity contribution in [2.24, 2.45) is 0 Å². The fourth-order valence-electron chi connectivity index (χ4n) is 1.65. The minimum Gasteiger partial charge on any atom is -0.328 e. The van der Waals surface area contributed by atoms with Crippen molar-refractivity contribution in [3.8, 4) is 11.4 Å². The summed E-state index contributed by atoms with van der Waals surface area (Å²) in [7, 11) is 3.28. The minimum absolute atomic E-state index is 0.321. The van der Waals surface area contributed by atoms with Gasteiger partial charge in [-0.2, -0.15) is 0 Å². The molecule has 18 heavy (non-hydrogen) atoms. The van der Waals surface area contributed by atoms with Crippen LogP contribution in [0.2, 0.25) is 0 Å². The number of aryl methyl sites for hydroxylation is 2. The number of hydrogen-bond acceptors (Lipinski definition) is 4. The van der Waals surface area contributed by atoms with Gasteiger partial charge in [0.25, 0.3) is 0 Å². The lowest BCUT2D eigenvalue weighted by Gasteiger charge is -2.06. The third kappa shape index (κ3) is 2.22. The second kappa shape index (κ2) is 4.56. The number of nitrogens with zero attached hydrogens (tertiary/aromatic N) is 5. The second-order valence-corrected chi connectivity index (χ2v) is 4.40. The van der Waals surface area contributed by atoms with Gasteiger partial charge in [-0.1, -0.05) is 28.6 Å². The Labute approximate surface area is 105 Å². The first-order valence-electron chi connectivity index (χ1n) is 5.58. The van der Waals surface area contributed by atoms with E-state index in [-0.39, 0.29) is 6.03 Å². The summed E-state index contributed by atoms with van der Waals surface area (Å²) < 4.78 is 0. The van der Waals surface area contributed by atoms with E-state index in [9.17, 15) is 4.79 Å². The van der Waals surface area contributed by atoms with Crippen LogP contribution in [0.1, 0.15) is 11.1 Å². The fourth-order valence-corrected chi connectivity index (χ4v) is 1.65. The molecule has 0 N–H and O–H groups in total. The van der Waals surface area contributed by atoms with E-state index in [0.717, 1.165) is 15.9 Å². The topological polar surface area (TPSA) is 63.9 Å². The van der Waals surface area contributed by atoms with Crippen molar-refractivity contribution < 1.29 is 4.79 Å². The van der Waals surface area contributed by atoms with E-state index in [1.807, 2.05) is 32.0 Å². The molecule has 0 bridgehead atoms. The average Bonchev–Trinajstić information content (AvgIpc) is 2.77. The Morgan fingerprint density at radius 3 is 2.61 bits per heavy atom. The highest BCUT2D eigenvalue weighted by molar-refractivity contribution is 5.74. The number of rotatable bonds is 1. The molecule has 2 rings (SSSR count). The van der Waals surface area contributed by atoms with Crippen molar-refractivity contribution >= 4 is 6.03 Å². The molecule has 0 unspecified atom stereocenters. The largest absolute Gasteiger partial charge is 0.362 e. The molecular formula is C12H15N5O. The molecular weight excluding hydrogens is 230 g/mol. The zero-order chi connectivity index (χ0) is 13.3. The summed E-state index contributed by atoms with van der Waals surface area (Å²) in [5.41, 5.74) is 3.12. The lowest BCUT2D eigenvalue weighted by molar-refractivity contribution is 0.211. The Hall–Kier alpha value is -2.24. The molecule has 0 radical (unpaired) electrons. The van der Waals surface area contributed by atoms with Gasteiger partial charge in [0, 0.05) is 19.7 Å². The molecule has 94 valence electrons. The number of carbonyl (C=O) groups excluding carboxylic acids is 1. The molecule has 1 heterocycles. The van der Waals surface area contributed by atoms with Crippen LogP contribution in [0.3, 0.4) is 0 Å². The van der Waals surface area contributed by atoms with Crippen molar-refractivity contribution in [1.82, 2.24) is 25.1 Å². The SMILES string of the molecule is Cc1ccc(-c2nnn(C(=O)N(C)C)n2)c(C)c1. The van der Waals surface area contributed by atoms with Crippen molar-refractivity contribution in [2.45, 2.75) is 13.8 Å². The summed E-state index contributed by atoms with van der Waals surface area (Å²) in [6.07, 6.45) is 0. The molecule has 0 saturated carbocycles. The standard InChI is InChI=1S/C12H15N5O/c1-8-5-6-10(9(2)7-8)11-13-15-17(14-11)12(18)16(3)4/h5-7H,1-4H3. The molecule has 0 spiro atoms. The lowest BCUT2D eigenvalue weighted by Crippen LogP contribution is -2.29. The summed E-state index contributed by atoms with van der Waals surface area (Å²) in [5, 5.41) is 11.8. The monoisotopic (exact) mass is 245 g/mol. The summed E-state index contributed by atoms with van der Waals surface area (Å²) in [6, 6.07) is 5.64. The first-order valence-corrected chi connectivity index (χ1v) is 5.58. The zero-order valence-electron chi connectivity index (χ0n) is 10.9. The van der Waals surface area contributed by atoms with Gasteiger partial charge < -0.3 is 4.90 Å². The van der Waals surface area contributed by atoms with Gasteiger partial charge >= 0.3 is 6.03 Å². The Morgan fingerprint density at radius 2 is 2.00 bits per heavy atom. The van der Waals surface area contributed by atoms with E-state index < -0.39 is 0 Å². The first-order chi connectivity index (χ1) is 8.49. The van der Waals surface area contributed by atoms with Crippen LogP contribution >= 0.6 is 0 Å². The van der Waals surface area contributed by atoms with Gasteiger partial charge in [0.2, 0.25) is 5.82 Å². The van der Waals surface area contributed by atoms with Crippen LogP contribution in [0.4, 0.5) is 4.79 Å². The van der Waals surface area contributed by atoms with Gasteiger partial charge in [0.1, 0.15) is 0 Å². The Kier molecular flexibility index (Phi) is 3.10. The third-order valence-electron chi connectivity index (χ3n) is 2.59. The highest BCUT2D eigenvalue weighted by Crippen LogP contribution is 2.19. The number of aromatic nitrogens is 4. The highest BCUT2D eigenvalue weighted by atomic mass is 16.2. The molecule has 0 saturated heterocycles. The number of carbonyl (C=O) groups is 1. The Bertz CT molecular complexity index is 588. The van der Waals surface area contributed by atoms with Gasteiger partial charge in [-0.15, -0.1) is 10.2 Å². The van der Waals surface area contributed by atoms with Gasteiger partial charge in [0.05, 0.1) is 0 Å². The van der Waals surface area contributed by atoms with Gasteiger partial charge in [-0.25, -0.2) is 4.79 Å². The van der Waals surface area contributed by atoms with Gasteiger partial charge in [-0.3, -0.25) is 0 Å². The predicted molar refractivity (Wildman–Crippen MR) is 67.2 cm³/mol. The Morgan fingerprint density at radius 1 is 1.28 bits per heavy atom. The maximum absolute atomic E-state index is 11.7. The van der Waals surface area contributed by atoms with Crippen molar-refractivity contribution in [3.63, 3.8) is 0 Å². The predicted octanol–water partition coefficient (Wildman–Crippen LogP) is 1.49. The van der Waals surface area contributed by atoms with E-state index in [1.165, 1.54) is 10.5 Å². The molecule has 0 aliphatic rings. The van der Waals surface area contributed by atoms with E-state index in [4.69, 9.17) is 0 Å². The summed E-state index contributed by atoms with van der Waals surface area (Å²) in [4.78, 5) is 14.0. The van der Waals surface area contributed by atoms with Crippen LogP contribution in [0.5, 0.6) is 0 Å². The van der Waals surface area contributed by atoms with E-state index in [1.54, 1.807) is 14.1 Å². The van der Waals surface area contributed by atoms with Crippen LogP contribution in [-0.4, -0.2) is 45.2 Å². The fraction of sp³-hybridized carbons (Fsp3) is 0.333. The average molecular weight is 245 g/mol. The lowest BCUT2D eigenvalue weighted by atomic mass is 10.1. The van der Waals surface area contributed by atoms with Crippen LogP contribution in [0, 0.1) is 13.8 Å². The molecule has 0 aliphatic carbocycles. The number of benzene rings is 1. The normalized spacial score (nSPS) is 10.4. The van der Waals surface area contributed by atoms with E-state index in [0.29, 0.717) is 5.82 Å². The number of tetrazole rings is 1. The van der Waals surface area contributed by atoms with Crippen LogP contribution in [0.15, 0.2) is 18.2 Å². The molecule has 6 heteroatoms. The highest BCUT2D eigenvalue weighted by Gasteiger charge is 2.14. The summed E-state index contributed by atoms with van der Waals surface area (Å²) in [6.45, 7) is 4.01. The molecule has 1 amide bonds. The molecule has 1 aromatic carbocycles. The summed E-state index contributed by atoms with van der Waals surface area (Å²) >= 11 is 0. The molecule has 1 aromatic heterocycles. The van der Waals surface area contributed by atoms with E-state index >= 15 is 0 Å². The van der Waals surface area contributed by atoms with Crippen molar-refractivity contribution in [2.75, 3.05) is 14.1 Å². The van der Waals surface area contributed by atoms with Crippen LogP contribution in [-0.2, 0) is 0 Å². The van der Waals surface area contributed by atoms with Gasteiger partial charge in [-0.05, 0) is 24.6 Å². The maximum atomic E-state index is 11.7. The third-order valence-corrected chi connectivity index (χ3v) is 2.59. The Balaban J connectivity index is 2.38. The van der Waals surface area contributed by atoms with Crippen LogP contribution in [0.25, 0.3) is 11.4 Å². The molecule has 0 atom stereocenters. The zero-order valence-corrected chi connectivity index (χ0v) is 10.9. The van der Waals surface area contributed by atoms with Crippen molar-refractivity contribution in [3.05, 3.63) is 29.3 Å². The summed E-state index contributed by atoms with van der Waals surface area (Å²) in [5.74, 6) is 0.461. The molecule has 2 aromatic rings. The second-order valence-electron chi connectivity index (χ2n) is 4.40. The van der Waals surface area contributed by atoms with Crippen LogP contribution < -0.4 is 0 Å². The molecule has 0 fully saturated rings. The van der Waals surface area contributed by atoms with Gasteiger partial charge in [0.15, 0.2) is 0 Å². The molecule has 0 aliphatic heterocycles. The quantitative estimate of drug-likeness (QED) is 0.763. The van der Waals surface area contributed by atoms with E-state index in [2.05, 4.69) is 15.4 Å². The number of amides is 1. The van der Waals surface area contributed by atoms with Crippen molar-refractivity contribution in [1.29, 1.82) is 0 Å². The minimum atomic E-state index is -0.321. The maximum Gasteiger partial charge on any atom is 0.362 e. The smallest absolute Gasteiger partial charge is 0.328 e. The molecule has 6 nitrogen and oxygen atoms in total. The number of hydrogen-bond donors (Lipinski definition) is 0.